The van der Waals surface area contributed by atoms with Crippen LogP contribution in [-0.4, -0.2) is 30.6 Å². The molecule has 0 spiro atoms. The standard InChI is InChI=1S/C17H24F3NO2/c1-2-3-10-4-5-12(14(18)6-10)17(22)23-11-7-15(19)13(9-21)16(20)8-11/h10-16H,2-8H2,1H3. The van der Waals surface area contributed by atoms with Crippen LogP contribution in [0.5, 0.6) is 0 Å². The molecule has 2 fully saturated rings. The lowest BCUT2D eigenvalue weighted by Crippen LogP contribution is -2.41. The van der Waals surface area contributed by atoms with Gasteiger partial charge in [0.15, 0.2) is 0 Å². The Bertz CT molecular complexity index is 442. The molecule has 6 heteroatoms. The Morgan fingerprint density at radius 3 is 2.30 bits per heavy atom. The molecule has 0 saturated heterocycles. The Kier molecular flexibility index (Phi) is 6.32. The zero-order valence-corrected chi connectivity index (χ0v) is 13.4. The van der Waals surface area contributed by atoms with Gasteiger partial charge >= 0.3 is 5.97 Å². The van der Waals surface area contributed by atoms with Gasteiger partial charge in [0.05, 0.1) is 12.0 Å². The van der Waals surface area contributed by atoms with E-state index in [1.54, 1.807) is 6.07 Å². The fourth-order valence-corrected chi connectivity index (χ4v) is 3.76. The van der Waals surface area contributed by atoms with E-state index in [1.165, 1.54) is 0 Å². The molecular formula is C17H24F3NO2. The first-order chi connectivity index (χ1) is 11.0. The first-order valence-electron chi connectivity index (χ1n) is 8.48. The molecule has 130 valence electrons. The SMILES string of the molecule is CCCC1CCC(C(=O)OC2CC(F)C(C#N)C(F)C2)C(F)C1. The summed E-state index contributed by atoms with van der Waals surface area (Å²) in [5.41, 5.74) is 0. The van der Waals surface area contributed by atoms with Crippen molar-refractivity contribution in [3.63, 3.8) is 0 Å². The molecule has 2 saturated carbocycles. The molecule has 0 bridgehead atoms. The molecule has 0 aromatic rings. The molecule has 23 heavy (non-hydrogen) atoms. The van der Waals surface area contributed by atoms with Crippen LogP contribution in [0.4, 0.5) is 13.2 Å². The summed E-state index contributed by atoms with van der Waals surface area (Å²) < 4.78 is 46.8. The normalized spacial score (nSPS) is 41.1. The molecule has 0 N–H and O–H groups in total. The van der Waals surface area contributed by atoms with E-state index < -0.39 is 42.4 Å². The maximum absolute atomic E-state index is 14.2. The third-order valence-corrected chi connectivity index (χ3v) is 5.07. The zero-order chi connectivity index (χ0) is 17.0. The summed E-state index contributed by atoms with van der Waals surface area (Å²) >= 11 is 0. The molecule has 0 aromatic heterocycles. The summed E-state index contributed by atoms with van der Waals surface area (Å²) in [7, 11) is 0. The minimum atomic E-state index is -1.65. The maximum Gasteiger partial charge on any atom is 0.312 e. The number of rotatable bonds is 4. The zero-order valence-electron chi connectivity index (χ0n) is 13.4. The number of carbonyl (C=O) groups excluding carboxylic acids is 1. The summed E-state index contributed by atoms with van der Waals surface area (Å²) in [5.74, 6) is -2.51. The van der Waals surface area contributed by atoms with E-state index in [9.17, 15) is 18.0 Å². The highest BCUT2D eigenvalue weighted by atomic mass is 19.1. The number of nitrogens with zero attached hydrogens (tertiary/aromatic N) is 1. The molecule has 5 unspecified atom stereocenters. The average Bonchev–Trinajstić information content (AvgIpc) is 2.47. The van der Waals surface area contributed by atoms with Crippen molar-refractivity contribution in [1.82, 2.24) is 0 Å². The second-order valence-electron chi connectivity index (χ2n) is 6.81. The number of hydrogen-bond acceptors (Lipinski definition) is 3. The number of halogens is 3. The highest BCUT2D eigenvalue weighted by Gasteiger charge is 2.42. The number of esters is 1. The number of hydrogen-bond donors (Lipinski definition) is 0. The van der Waals surface area contributed by atoms with Gasteiger partial charge in [-0.2, -0.15) is 5.26 Å². The Balaban J connectivity index is 1.86. The highest BCUT2D eigenvalue weighted by molar-refractivity contribution is 5.73. The Morgan fingerprint density at radius 1 is 1.13 bits per heavy atom. The van der Waals surface area contributed by atoms with Crippen LogP contribution in [0.15, 0.2) is 0 Å². The van der Waals surface area contributed by atoms with E-state index in [0.717, 1.165) is 19.3 Å². The number of alkyl halides is 3. The van der Waals surface area contributed by atoms with Crippen LogP contribution in [0.2, 0.25) is 0 Å². The van der Waals surface area contributed by atoms with Crippen molar-refractivity contribution in [2.75, 3.05) is 0 Å². The van der Waals surface area contributed by atoms with Gasteiger partial charge in [-0.3, -0.25) is 4.79 Å². The Morgan fingerprint density at radius 2 is 1.78 bits per heavy atom. The first kappa shape index (κ1) is 18.1. The van der Waals surface area contributed by atoms with Crippen molar-refractivity contribution >= 4 is 5.97 Å². The van der Waals surface area contributed by atoms with Crippen molar-refractivity contribution < 1.29 is 22.7 Å². The van der Waals surface area contributed by atoms with Crippen molar-refractivity contribution in [1.29, 1.82) is 5.26 Å². The van der Waals surface area contributed by atoms with E-state index in [-0.39, 0.29) is 12.8 Å². The summed E-state index contributed by atoms with van der Waals surface area (Å²) in [4.78, 5) is 12.1. The molecule has 0 aromatic carbocycles. The second kappa shape index (κ2) is 8.03. The van der Waals surface area contributed by atoms with Gasteiger partial charge in [-0.25, -0.2) is 13.2 Å². The second-order valence-corrected chi connectivity index (χ2v) is 6.81. The van der Waals surface area contributed by atoms with Gasteiger partial charge in [-0.15, -0.1) is 0 Å². The van der Waals surface area contributed by atoms with Crippen LogP contribution in [-0.2, 0) is 9.53 Å². The molecule has 0 radical (unpaired) electrons. The lowest BCUT2D eigenvalue weighted by Gasteiger charge is -2.34. The van der Waals surface area contributed by atoms with Gasteiger partial charge in [0.1, 0.15) is 30.5 Å². The average molecular weight is 331 g/mol. The fourth-order valence-electron chi connectivity index (χ4n) is 3.76. The minimum Gasteiger partial charge on any atom is -0.462 e. The highest BCUT2D eigenvalue weighted by Crippen LogP contribution is 2.36. The van der Waals surface area contributed by atoms with Gasteiger partial charge in [-0.1, -0.05) is 19.8 Å². The third-order valence-electron chi connectivity index (χ3n) is 5.07. The number of nitriles is 1. The molecule has 2 aliphatic carbocycles. The van der Waals surface area contributed by atoms with Crippen LogP contribution in [0.25, 0.3) is 0 Å². The van der Waals surface area contributed by atoms with Crippen molar-refractivity contribution in [2.24, 2.45) is 17.8 Å². The van der Waals surface area contributed by atoms with Crippen LogP contribution < -0.4 is 0 Å². The lowest BCUT2D eigenvalue weighted by molar-refractivity contribution is -0.162. The van der Waals surface area contributed by atoms with Crippen molar-refractivity contribution in [3.8, 4) is 6.07 Å². The van der Waals surface area contributed by atoms with Gasteiger partial charge < -0.3 is 4.74 Å². The van der Waals surface area contributed by atoms with Gasteiger partial charge in [0, 0.05) is 12.8 Å². The van der Waals surface area contributed by atoms with Gasteiger partial charge in [0.25, 0.3) is 0 Å². The predicted octanol–water partition coefficient (Wildman–Crippen LogP) is 4.06. The molecule has 3 nitrogen and oxygen atoms in total. The minimum absolute atomic E-state index is 0.188. The molecule has 0 amide bonds. The van der Waals surface area contributed by atoms with Crippen molar-refractivity contribution in [3.05, 3.63) is 0 Å². The number of carbonyl (C=O) groups is 1. The Hall–Kier alpha value is -1.25. The third kappa shape index (κ3) is 4.39. The quantitative estimate of drug-likeness (QED) is 0.730. The molecule has 2 aliphatic rings. The summed E-state index contributed by atoms with van der Waals surface area (Å²) in [6, 6.07) is 1.61. The summed E-state index contributed by atoms with van der Waals surface area (Å²) in [5, 5.41) is 8.72. The monoisotopic (exact) mass is 331 g/mol. The molecule has 2 rings (SSSR count). The maximum atomic E-state index is 14.2. The van der Waals surface area contributed by atoms with E-state index in [1.807, 2.05) is 6.92 Å². The van der Waals surface area contributed by atoms with Crippen molar-refractivity contribution in [2.45, 2.75) is 76.5 Å². The van der Waals surface area contributed by atoms with Crippen LogP contribution in [0.1, 0.15) is 51.9 Å². The smallest absolute Gasteiger partial charge is 0.312 e. The first-order valence-corrected chi connectivity index (χ1v) is 8.48. The van der Waals surface area contributed by atoms with E-state index in [2.05, 4.69) is 0 Å². The van der Waals surface area contributed by atoms with Crippen LogP contribution >= 0.6 is 0 Å². The molecular weight excluding hydrogens is 307 g/mol. The van der Waals surface area contributed by atoms with Gasteiger partial charge in [0.2, 0.25) is 0 Å². The molecule has 5 atom stereocenters. The number of ether oxygens (including phenoxy) is 1. The summed E-state index contributed by atoms with van der Waals surface area (Å²) in [6.45, 7) is 2.05. The largest absolute Gasteiger partial charge is 0.462 e. The van der Waals surface area contributed by atoms with E-state index >= 15 is 0 Å². The van der Waals surface area contributed by atoms with E-state index in [0.29, 0.717) is 18.8 Å². The van der Waals surface area contributed by atoms with Crippen LogP contribution in [0, 0.1) is 29.1 Å². The Labute approximate surface area is 135 Å². The topological polar surface area (TPSA) is 50.1 Å². The fraction of sp³-hybridized carbons (Fsp3) is 0.882. The summed E-state index contributed by atoms with van der Waals surface area (Å²) in [6.07, 6.45) is -2.32. The molecule has 0 heterocycles. The van der Waals surface area contributed by atoms with Gasteiger partial charge in [-0.05, 0) is 25.2 Å². The van der Waals surface area contributed by atoms with Crippen LogP contribution in [0.3, 0.4) is 0 Å². The van der Waals surface area contributed by atoms with E-state index in [4.69, 9.17) is 10.00 Å². The molecule has 0 aliphatic heterocycles. The predicted molar refractivity (Wildman–Crippen MR) is 78.6 cm³/mol. The lowest BCUT2D eigenvalue weighted by atomic mass is 9.78.